The fourth-order valence-electron chi connectivity index (χ4n) is 1.27. The fourth-order valence-corrected chi connectivity index (χ4v) is 1.27. The van der Waals surface area contributed by atoms with Crippen molar-refractivity contribution in [1.82, 2.24) is 5.32 Å². The number of ether oxygens (including phenoxy) is 2. The van der Waals surface area contributed by atoms with Gasteiger partial charge in [-0.25, -0.2) is 0 Å². The number of rotatable bonds is 6. The Bertz CT molecular complexity index is 417. The van der Waals surface area contributed by atoms with E-state index < -0.39 is 5.97 Å². The van der Waals surface area contributed by atoms with Crippen LogP contribution in [-0.4, -0.2) is 32.1 Å². The van der Waals surface area contributed by atoms with E-state index in [-0.39, 0.29) is 12.5 Å². The molecule has 1 amide bonds. The average molecular weight is 251 g/mol. The number of carbonyl (C=O) groups is 2. The minimum absolute atomic E-state index is 0.143. The molecule has 0 unspecified atom stereocenters. The predicted octanol–water partition coefficient (Wildman–Crippen LogP) is 1.38. The number of amides is 1. The SMILES string of the molecule is CCCOc1cccc(C(=O)NCC(=O)OC)c1. The highest BCUT2D eigenvalue weighted by Crippen LogP contribution is 2.13. The molecule has 0 fully saturated rings. The number of esters is 1. The Morgan fingerprint density at radius 1 is 1.33 bits per heavy atom. The summed E-state index contributed by atoms with van der Waals surface area (Å²) in [5.74, 6) is -0.174. The van der Waals surface area contributed by atoms with Gasteiger partial charge in [-0.1, -0.05) is 13.0 Å². The van der Waals surface area contributed by atoms with Crippen molar-refractivity contribution in [2.45, 2.75) is 13.3 Å². The lowest BCUT2D eigenvalue weighted by atomic mass is 10.2. The molecule has 0 aliphatic heterocycles. The van der Waals surface area contributed by atoms with Gasteiger partial charge in [0, 0.05) is 5.56 Å². The van der Waals surface area contributed by atoms with Crippen LogP contribution in [0.15, 0.2) is 24.3 Å². The van der Waals surface area contributed by atoms with Crippen LogP contribution in [0, 0.1) is 0 Å². The standard InChI is InChI=1S/C13H17NO4/c1-3-7-18-11-6-4-5-10(8-11)13(16)14-9-12(15)17-2/h4-6,8H,3,7,9H2,1-2H3,(H,14,16). The van der Waals surface area contributed by atoms with E-state index in [0.29, 0.717) is 17.9 Å². The van der Waals surface area contributed by atoms with Gasteiger partial charge in [-0.15, -0.1) is 0 Å². The summed E-state index contributed by atoms with van der Waals surface area (Å²) in [6.07, 6.45) is 0.902. The van der Waals surface area contributed by atoms with Crippen LogP contribution in [0.3, 0.4) is 0 Å². The third-order valence-electron chi connectivity index (χ3n) is 2.19. The van der Waals surface area contributed by atoms with E-state index in [4.69, 9.17) is 4.74 Å². The summed E-state index contributed by atoms with van der Waals surface area (Å²) in [4.78, 5) is 22.6. The molecule has 0 spiro atoms. The van der Waals surface area contributed by atoms with Gasteiger partial charge in [0.25, 0.3) is 5.91 Å². The third-order valence-corrected chi connectivity index (χ3v) is 2.19. The van der Waals surface area contributed by atoms with E-state index in [0.717, 1.165) is 6.42 Å². The van der Waals surface area contributed by atoms with Crippen LogP contribution >= 0.6 is 0 Å². The topological polar surface area (TPSA) is 64.6 Å². The van der Waals surface area contributed by atoms with Crippen LogP contribution in [0.1, 0.15) is 23.7 Å². The molecule has 0 bridgehead atoms. The third kappa shape index (κ3) is 4.45. The van der Waals surface area contributed by atoms with Crippen molar-refractivity contribution in [3.63, 3.8) is 0 Å². The molecule has 0 saturated carbocycles. The molecule has 0 atom stereocenters. The molecule has 1 aromatic carbocycles. The summed E-state index contributed by atoms with van der Waals surface area (Å²) in [5.41, 5.74) is 0.451. The Hall–Kier alpha value is -2.04. The van der Waals surface area contributed by atoms with E-state index >= 15 is 0 Å². The van der Waals surface area contributed by atoms with Crippen molar-refractivity contribution < 1.29 is 19.1 Å². The molecule has 0 aliphatic carbocycles. The molecule has 0 saturated heterocycles. The molecule has 5 heteroatoms. The Balaban J connectivity index is 2.59. The molecule has 0 aliphatic rings. The number of methoxy groups -OCH3 is 1. The van der Waals surface area contributed by atoms with Crippen LogP contribution in [0.5, 0.6) is 5.75 Å². The molecular formula is C13H17NO4. The second kappa shape index (κ2) is 7.32. The number of benzene rings is 1. The number of carbonyl (C=O) groups excluding carboxylic acids is 2. The van der Waals surface area contributed by atoms with Gasteiger partial charge in [0.2, 0.25) is 0 Å². The molecule has 0 heterocycles. The molecule has 0 aromatic heterocycles. The molecular weight excluding hydrogens is 234 g/mol. The van der Waals surface area contributed by atoms with Gasteiger partial charge in [-0.2, -0.15) is 0 Å². The van der Waals surface area contributed by atoms with Crippen LogP contribution in [-0.2, 0) is 9.53 Å². The largest absolute Gasteiger partial charge is 0.494 e. The average Bonchev–Trinajstić information content (AvgIpc) is 2.42. The van der Waals surface area contributed by atoms with Crippen molar-refractivity contribution in [3.05, 3.63) is 29.8 Å². The number of hydrogen-bond donors (Lipinski definition) is 1. The number of hydrogen-bond acceptors (Lipinski definition) is 4. The van der Waals surface area contributed by atoms with E-state index in [1.807, 2.05) is 6.92 Å². The summed E-state index contributed by atoms with van der Waals surface area (Å²) in [7, 11) is 1.27. The summed E-state index contributed by atoms with van der Waals surface area (Å²) < 4.78 is 9.86. The molecule has 5 nitrogen and oxygen atoms in total. The van der Waals surface area contributed by atoms with Crippen molar-refractivity contribution in [1.29, 1.82) is 0 Å². The Labute approximate surface area is 106 Å². The smallest absolute Gasteiger partial charge is 0.325 e. The Morgan fingerprint density at radius 2 is 2.11 bits per heavy atom. The maximum Gasteiger partial charge on any atom is 0.325 e. The minimum Gasteiger partial charge on any atom is -0.494 e. The minimum atomic E-state index is -0.485. The second-order valence-corrected chi connectivity index (χ2v) is 3.64. The van der Waals surface area contributed by atoms with Gasteiger partial charge in [0.15, 0.2) is 0 Å². The van der Waals surface area contributed by atoms with Crippen LogP contribution < -0.4 is 10.1 Å². The van der Waals surface area contributed by atoms with Crippen LogP contribution in [0.25, 0.3) is 0 Å². The first-order valence-corrected chi connectivity index (χ1v) is 5.75. The lowest BCUT2D eigenvalue weighted by Gasteiger charge is -2.07. The molecule has 1 rings (SSSR count). The zero-order chi connectivity index (χ0) is 13.4. The van der Waals surface area contributed by atoms with Crippen LogP contribution in [0.4, 0.5) is 0 Å². The van der Waals surface area contributed by atoms with Gasteiger partial charge >= 0.3 is 5.97 Å². The summed E-state index contributed by atoms with van der Waals surface area (Å²) in [6.45, 7) is 2.47. The van der Waals surface area contributed by atoms with E-state index in [2.05, 4.69) is 10.1 Å². The van der Waals surface area contributed by atoms with E-state index in [9.17, 15) is 9.59 Å². The molecule has 0 radical (unpaired) electrons. The second-order valence-electron chi connectivity index (χ2n) is 3.64. The molecule has 18 heavy (non-hydrogen) atoms. The summed E-state index contributed by atoms with van der Waals surface area (Å²) in [6, 6.07) is 6.82. The van der Waals surface area contributed by atoms with Crippen molar-refractivity contribution in [3.8, 4) is 5.75 Å². The quantitative estimate of drug-likeness (QED) is 0.776. The number of nitrogens with one attached hydrogen (secondary N) is 1. The fraction of sp³-hybridized carbons (Fsp3) is 0.385. The monoisotopic (exact) mass is 251 g/mol. The van der Waals surface area contributed by atoms with Gasteiger partial charge in [0.05, 0.1) is 13.7 Å². The van der Waals surface area contributed by atoms with E-state index in [1.54, 1.807) is 24.3 Å². The Morgan fingerprint density at radius 3 is 2.78 bits per heavy atom. The maximum absolute atomic E-state index is 11.7. The van der Waals surface area contributed by atoms with Gasteiger partial charge < -0.3 is 14.8 Å². The normalized spacial score (nSPS) is 9.67. The molecule has 1 N–H and O–H groups in total. The van der Waals surface area contributed by atoms with E-state index in [1.165, 1.54) is 7.11 Å². The lowest BCUT2D eigenvalue weighted by molar-refractivity contribution is -0.139. The molecule has 98 valence electrons. The van der Waals surface area contributed by atoms with Crippen LogP contribution in [0.2, 0.25) is 0 Å². The highest BCUT2D eigenvalue weighted by atomic mass is 16.5. The summed E-state index contributed by atoms with van der Waals surface area (Å²) in [5, 5.41) is 2.46. The van der Waals surface area contributed by atoms with Gasteiger partial charge in [0.1, 0.15) is 12.3 Å². The highest BCUT2D eigenvalue weighted by molar-refractivity contribution is 5.96. The first-order valence-electron chi connectivity index (χ1n) is 5.75. The first-order chi connectivity index (χ1) is 8.67. The molecule has 1 aromatic rings. The first kappa shape index (κ1) is 14.0. The lowest BCUT2D eigenvalue weighted by Crippen LogP contribution is -2.30. The maximum atomic E-state index is 11.7. The Kier molecular flexibility index (Phi) is 5.70. The highest BCUT2D eigenvalue weighted by Gasteiger charge is 2.08. The predicted molar refractivity (Wildman–Crippen MR) is 66.6 cm³/mol. The van der Waals surface area contributed by atoms with Crippen molar-refractivity contribution in [2.75, 3.05) is 20.3 Å². The zero-order valence-electron chi connectivity index (χ0n) is 10.6. The van der Waals surface area contributed by atoms with Gasteiger partial charge in [-0.3, -0.25) is 9.59 Å². The zero-order valence-corrected chi connectivity index (χ0v) is 10.6. The van der Waals surface area contributed by atoms with Gasteiger partial charge in [-0.05, 0) is 24.6 Å². The van der Waals surface area contributed by atoms with Crippen molar-refractivity contribution in [2.24, 2.45) is 0 Å². The summed E-state index contributed by atoms with van der Waals surface area (Å²) >= 11 is 0. The van der Waals surface area contributed by atoms with Crippen molar-refractivity contribution >= 4 is 11.9 Å².